The van der Waals surface area contributed by atoms with E-state index in [0.717, 1.165) is 25.4 Å². The van der Waals surface area contributed by atoms with Crippen LogP contribution in [0.5, 0.6) is 0 Å². The van der Waals surface area contributed by atoms with Gasteiger partial charge in [0.2, 0.25) is 0 Å². The summed E-state index contributed by atoms with van der Waals surface area (Å²) in [4.78, 5) is 16.4. The van der Waals surface area contributed by atoms with Crippen LogP contribution in [0.3, 0.4) is 0 Å². The summed E-state index contributed by atoms with van der Waals surface area (Å²) in [7, 11) is 0. The molecule has 0 spiro atoms. The van der Waals surface area contributed by atoms with Crippen molar-refractivity contribution in [2.24, 2.45) is 0 Å². The summed E-state index contributed by atoms with van der Waals surface area (Å²) in [5, 5.41) is 9.94. The molecule has 2 rings (SSSR count). The fourth-order valence-corrected chi connectivity index (χ4v) is 2.59. The molecule has 1 amide bonds. The minimum absolute atomic E-state index is 0.0729. The van der Waals surface area contributed by atoms with Crippen molar-refractivity contribution in [2.45, 2.75) is 45.8 Å². The number of rotatable bonds is 5. The van der Waals surface area contributed by atoms with Crippen molar-refractivity contribution in [2.75, 3.05) is 26.2 Å². The van der Waals surface area contributed by atoms with Crippen LogP contribution in [0.4, 0.5) is 0 Å². The molecule has 1 aliphatic rings. The summed E-state index contributed by atoms with van der Waals surface area (Å²) in [6.07, 6.45) is 1.23. The van der Waals surface area contributed by atoms with Gasteiger partial charge in [-0.3, -0.25) is 9.69 Å². The Hall–Kier alpha value is -1.33. The summed E-state index contributed by atoms with van der Waals surface area (Å²) in [5.74, 6) is 1.15. The maximum absolute atomic E-state index is 12.4. The van der Waals surface area contributed by atoms with E-state index in [1.54, 1.807) is 11.0 Å². The predicted molar refractivity (Wildman–Crippen MR) is 81.1 cm³/mol. The molecule has 0 bridgehead atoms. The van der Waals surface area contributed by atoms with E-state index in [0.29, 0.717) is 31.7 Å². The van der Waals surface area contributed by atoms with Crippen LogP contribution in [-0.4, -0.2) is 52.6 Å². The summed E-state index contributed by atoms with van der Waals surface area (Å²) < 4.78 is 5.69. The van der Waals surface area contributed by atoms with Gasteiger partial charge in [0.05, 0.1) is 12.1 Å². The van der Waals surface area contributed by atoms with Crippen LogP contribution < -0.4 is 0 Å². The molecule has 0 saturated carbocycles. The average molecular weight is 294 g/mol. The van der Waals surface area contributed by atoms with Crippen LogP contribution in [0.2, 0.25) is 0 Å². The Morgan fingerprint density at radius 3 is 2.52 bits per heavy atom. The molecule has 1 fully saturated rings. The Kier molecular flexibility index (Phi) is 5.06. The van der Waals surface area contributed by atoms with Gasteiger partial charge in [0.15, 0.2) is 5.76 Å². The topological polar surface area (TPSA) is 56.9 Å². The van der Waals surface area contributed by atoms with Crippen LogP contribution in [-0.2, 0) is 6.54 Å². The van der Waals surface area contributed by atoms with Gasteiger partial charge in [-0.1, -0.05) is 13.8 Å². The first-order chi connectivity index (χ1) is 9.95. The van der Waals surface area contributed by atoms with Crippen LogP contribution in [0.25, 0.3) is 0 Å². The number of hydrogen-bond acceptors (Lipinski definition) is 4. The Morgan fingerprint density at radius 1 is 1.33 bits per heavy atom. The van der Waals surface area contributed by atoms with Crippen molar-refractivity contribution >= 4 is 5.91 Å². The van der Waals surface area contributed by atoms with E-state index in [-0.39, 0.29) is 5.91 Å². The Balaban J connectivity index is 1.96. The highest BCUT2D eigenvalue weighted by Gasteiger charge is 2.31. The first kappa shape index (κ1) is 16.0. The quantitative estimate of drug-likeness (QED) is 0.903. The molecule has 0 aromatic carbocycles. The number of amides is 1. The second-order valence-electron chi connectivity index (χ2n) is 6.02. The maximum Gasteiger partial charge on any atom is 0.289 e. The molecule has 1 aliphatic heterocycles. The molecule has 21 heavy (non-hydrogen) atoms. The SMILES string of the molecule is CCN(CC)Cc1ccc(C(=O)N2CCC(C)(O)CC2)o1. The number of furan rings is 1. The number of nitrogens with zero attached hydrogens (tertiary/aromatic N) is 2. The van der Waals surface area contributed by atoms with Gasteiger partial charge >= 0.3 is 0 Å². The van der Waals surface area contributed by atoms with E-state index < -0.39 is 5.60 Å². The van der Waals surface area contributed by atoms with Crippen molar-refractivity contribution in [3.05, 3.63) is 23.7 Å². The van der Waals surface area contributed by atoms with Crippen molar-refractivity contribution < 1.29 is 14.3 Å². The van der Waals surface area contributed by atoms with Gasteiger partial charge in [-0.15, -0.1) is 0 Å². The number of likely N-dealkylation sites (tertiary alicyclic amines) is 1. The molecule has 0 radical (unpaired) electrons. The van der Waals surface area contributed by atoms with Gasteiger partial charge in [0, 0.05) is 13.1 Å². The number of carbonyl (C=O) groups excluding carboxylic acids is 1. The number of aliphatic hydroxyl groups is 1. The predicted octanol–water partition coefficient (Wildman–Crippen LogP) is 2.11. The molecule has 2 heterocycles. The van der Waals surface area contributed by atoms with Crippen LogP contribution >= 0.6 is 0 Å². The van der Waals surface area contributed by atoms with E-state index >= 15 is 0 Å². The third-order valence-corrected chi connectivity index (χ3v) is 4.27. The molecular weight excluding hydrogens is 268 g/mol. The lowest BCUT2D eigenvalue weighted by molar-refractivity contribution is -0.00295. The largest absolute Gasteiger partial charge is 0.455 e. The van der Waals surface area contributed by atoms with Crippen molar-refractivity contribution in [3.8, 4) is 0 Å². The van der Waals surface area contributed by atoms with E-state index in [2.05, 4.69) is 18.7 Å². The first-order valence-corrected chi connectivity index (χ1v) is 7.78. The Morgan fingerprint density at radius 2 is 1.95 bits per heavy atom. The van der Waals surface area contributed by atoms with Crippen molar-refractivity contribution in [3.63, 3.8) is 0 Å². The lowest BCUT2D eigenvalue weighted by Gasteiger charge is -2.35. The molecule has 5 heteroatoms. The van der Waals surface area contributed by atoms with E-state index in [9.17, 15) is 9.90 Å². The average Bonchev–Trinajstić information content (AvgIpc) is 2.92. The van der Waals surface area contributed by atoms with Crippen LogP contribution in [0, 0.1) is 0 Å². The lowest BCUT2D eigenvalue weighted by atomic mass is 9.94. The number of carbonyl (C=O) groups is 1. The van der Waals surface area contributed by atoms with Gasteiger partial charge in [0.1, 0.15) is 5.76 Å². The van der Waals surface area contributed by atoms with E-state index in [1.807, 2.05) is 13.0 Å². The van der Waals surface area contributed by atoms with Gasteiger partial charge in [0.25, 0.3) is 5.91 Å². The van der Waals surface area contributed by atoms with Gasteiger partial charge in [-0.2, -0.15) is 0 Å². The Labute approximate surface area is 126 Å². The van der Waals surface area contributed by atoms with Crippen LogP contribution in [0.1, 0.15) is 49.9 Å². The number of hydrogen-bond donors (Lipinski definition) is 1. The first-order valence-electron chi connectivity index (χ1n) is 7.78. The molecule has 5 nitrogen and oxygen atoms in total. The highest BCUT2D eigenvalue weighted by Crippen LogP contribution is 2.23. The fraction of sp³-hybridized carbons (Fsp3) is 0.688. The third kappa shape index (κ3) is 4.08. The molecule has 1 N–H and O–H groups in total. The normalized spacial score (nSPS) is 18.2. The van der Waals surface area contributed by atoms with Gasteiger partial charge in [-0.05, 0) is 45.0 Å². The standard InChI is InChI=1S/C16H26N2O3/c1-4-17(5-2)12-13-6-7-14(21-13)15(19)18-10-8-16(3,20)9-11-18/h6-7,20H,4-5,8-12H2,1-3H3. The minimum atomic E-state index is -0.645. The van der Waals surface area contributed by atoms with Crippen molar-refractivity contribution in [1.29, 1.82) is 0 Å². The summed E-state index contributed by atoms with van der Waals surface area (Å²) in [6.45, 7) is 9.86. The molecule has 1 aromatic heterocycles. The molecule has 0 unspecified atom stereocenters. The van der Waals surface area contributed by atoms with Gasteiger partial charge in [-0.25, -0.2) is 0 Å². The zero-order valence-electron chi connectivity index (χ0n) is 13.3. The zero-order valence-corrected chi connectivity index (χ0v) is 13.3. The fourth-order valence-electron chi connectivity index (χ4n) is 2.59. The lowest BCUT2D eigenvalue weighted by Crippen LogP contribution is -2.45. The van der Waals surface area contributed by atoms with Crippen molar-refractivity contribution in [1.82, 2.24) is 9.80 Å². The third-order valence-electron chi connectivity index (χ3n) is 4.27. The molecule has 1 saturated heterocycles. The molecule has 1 aromatic rings. The van der Waals surface area contributed by atoms with E-state index in [4.69, 9.17) is 4.42 Å². The Bertz CT molecular complexity index is 468. The van der Waals surface area contributed by atoms with Gasteiger partial charge < -0.3 is 14.4 Å². The molecule has 0 atom stereocenters. The van der Waals surface area contributed by atoms with E-state index in [1.165, 1.54) is 0 Å². The highest BCUT2D eigenvalue weighted by atomic mass is 16.4. The second-order valence-corrected chi connectivity index (χ2v) is 6.02. The molecular formula is C16H26N2O3. The molecule has 0 aliphatic carbocycles. The summed E-state index contributed by atoms with van der Waals surface area (Å²) in [6, 6.07) is 3.64. The summed E-state index contributed by atoms with van der Waals surface area (Å²) >= 11 is 0. The monoisotopic (exact) mass is 294 g/mol. The number of piperidine rings is 1. The maximum atomic E-state index is 12.4. The second kappa shape index (κ2) is 6.62. The van der Waals surface area contributed by atoms with Crippen LogP contribution in [0.15, 0.2) is 16.5 Å². The zero-order chi connectivity index (χ0) is 15.5. The smallest absolute Gasteiger partial charge is 0.289 e. The minimum Gasteiger partial charge on any atom is -0.455 e. The summed E-state index contributed by atoms with van der Waals surface area (Å²) in [5.41, 5.74) is -0.645. The highest BCUT2D eigenvalue weighted by molar-refractivity contribution is 5.91. The molecule has 118 valence electrons.